The molecule has 2 unspecified atom stereocenters. The molecule has 2 atom stereocenters. The van der Waals surface area contributed by atoms with E-state index in [9.17, 15) is 0 Å². The van der Waals surface area contributed by atoms with Gasteiger partial charge < -0.3 is 9.05 Å². The summed E-state index contributed by atoms with van der Waals surface area (Å²) in [6.45, 7) is 4.16. The van der Waals surface area contributed by atoms with Crippen LogP contribution in [0.15, 0.2) is 48.5 Å². The van der Waals surface area contributed by atoms with Gasteiger partial charge in [-0.05, 0) is 43.5 Å². The standard InChI is InChI=1S/C17H22O2P2/c1-14-8-3-5-10-16(14)18-20-12-7-13-21-19-17-11-6-4-9-15(17)2/h3-6,8-11,20-21H,7,12-13H2,1-2H3. The SMILES string of the molecule is Cc1ccccc1OPCCCPOc1ccccc1C. The Balaban J connectivity index is 1.57. The summed E-state index contributed by atoms with van der Waals surface area (Å²) in [6, 6.07) is 16.3. The third-order valence-corrected chi connectivity index (χ3v) is 4.95. The van der Waals surface area contributed by atoms with Gasteiger partial charge in [-0.3, -0.25) is 0 Å². The maximum Gasteiger partial charge on any atom is 0.125 e. The molecule has 0 aliphatic heterocycles. The maximum atomic E-state index is 5.81. The molecule has 0 N–H and O–H groups in total. The zero-order valence-electron chi connectivity index (χ0n) is 12.6. The second-order valence-electron chi connectivity index (χ2n) is 4.88. The van der Waals surface area contributed by atoms with E-state index >= 15 is 0 Å². The first kappa shape index (κ1) is 16.3. The lowest BCUT2D eigenvalue weighted by molar-refractivity contribution is 0.618. The fourth-order valence-corrected chi connectivity index (χ4v) is 3.80. The molecular weight excluding hydrogens is 298 g/mol. The summed E-state index contributed by atoms with van der Waals surface area (Å²) < 4.78 is 11.6. The Morgan fingerprint density at radius 3 is 1.57 bits per heavy atom. The number of aryl methyl sites for hydroxylation is 2. The van der Waals surface area contributed by atoms with Crippen molar-refractivity contribution in [1.82, 2.24) is 0 Å². The first-order chi connectivity index (χ1) is 10.3. The van der Waals surface area contributed by atoms with Crippen LogP contribution in [-0.2, 0) is 0 Å². The highest BCUT2D eigenvalue weighted by atomic mass is 31.1. The second-order valence-corrected chi connectivity index (χ2v) is 6.86. The molecule has 2 aromatic rings. The van der Waals surface area contributed by atoms with Crippen molar-refractivity contribution in [2.24, 2.45) is 0 Å². The summed E-state index contributed by atoms with van der Waals surface area (Å²) in [5.41, 5.74) is 2.41. The van der Waals surface area contributed by atoms with Gasteiger partial charge in [-0.25, -0.2) is 0 Å². The van der Waals surface area contributed by atoms with Gasteiger partial charge in [0.2, 0.25) is 0 Å². The van der Waals surface area contributed by atoms with E-state index in [0.717, 1.165) is 30.2 Å². The molecule has 2 rings (SSSR count). The third kappa shape index (κ3) is 5.65. The van der Waals surface area contributed by atoms with Crippen LogP contribution in [-0.4, -0.2) is 12.3 Å². The summed E-state index contributed by atoms with van der Waals surface area (Å²) in [5, 5.41) is 0. The summed E-state index contributed by atoms with van der Waals surface area (Å²) >= 11 is 0. The molecule has 0 aliphatic rings. The van der Waals surface area contributed by atoms with Crippen molar-refractivity contribution in [3.05, 3.63) is 59.7 Å². The molecule has 4 heteroatoms. The van der Waals surface area contributed by atoms with Gasteiger partial charge in [0, 0.05) is 12.3 Å². The van der Waals surface area contributed by atoms with Crippen molar-refractivity contribution in [1.29, 1.82) is 0 Å². The molecule has 0 fully saturated rings. The van der Waals surface area contributed by atoms with Gasteiger partial charge in [0.1, 0.15) is 11.5 Å². The van der Waals surface area contributed by atoms with Crippen molar-refractivity contribution in [2.75, 3.05) is 12.3 Å². The smallest absolute Gasteiger partial charge is 0.125 e. The van der Waals surface area contributed by atoms with Gasteiger partial charge in [-0.2, -0.15) is 0 Å². The van der Waals surface area contributed by atoms with Crippen LogP contribution in [0.25, 0.3) is 0 Å². The van der Waals surface area contributed by atoms with Gasteiger partial charge in [0.05, 0.1) is 17.6 Å². The normalized spacial score (nSPS) is 11.5. The summed E-state index contributed by atoms with van der Waals surface area (Å²) in [4.78, 5) is 0. The highest BCUT2D eigenvalue weighted by molar-refractivity contribution is 7.33. The molecule has 0 radical (unpaired) electrons. The van der Waals surface area contributed by atoms with Crippen molar-refractivity contribution in [2.45, 2.75) is 20.3 Å². The molecule has 0 saturated heterocycles. The first-order valence-corrected chi connectivity index (χ1v) is 9.41. The molecule has 0 saturated carbocycles. The van der Waals surface area contributed by atoms with Crippen molar-refractivity contribution in [3.8, 4) is 11.5 Å². The minimum Gasteiger partial charge on any atom is -0.477 e. The highest BCUT2D eigenvalue weighted by Crippen LogP contribution is 2.27. The van der Waals surface area contributed by atoms with E-state index in [0.29, 0.717) is 17.6 Å². The van der Waals surface area contributed by atoms with Crippen molar-refractivity contribution < 1.29 is 9.05 Å². The third-order valence-electron chi connectivity index (χ3n) is 3.11. The van der Waals surface area contributed by atoms with Crippen LogP contribution in [0.1, 0.15) is 17.5 Å². The monoisotopic (exact) mass is 320 g/mol. The molecule has 0 bridgehead atoms. The van der Waals surface area contributed by atoms with Gasteiger partial charge in [0.25, 0.3) is 0 Å². The zero-order chi connectivity index (χ0) is 14.9. The average molecular weight is 320 g/mol. The van der Waals surface area contributed by atoms with Crippen molar-refractivity contribution >= 4 is 17.6 Å². The van der Waals surface area contributed by atoms with Crippen LogP contribution in [0.2, 0.25) is 0 Å². The maximum absolute atomic E-state index is 5.81. The predicted molar refractivity (Wildman–Crippen MR) is 94.6 cm³/mol. The minimum absolute atomic E-state index is 0.530. The molecule has 0 aliphatic carbocycles. The first-order valence-electron chi connectivity index (χ1n) is 7.18. The zero-order valence-corrected chi connectivity index (χ0v) is 14.6. The quantitative estimate of drug-likeness (QED) is 0.483. The van der Waals surface area contributed by atoms with Crippen LogP contribution < -0.4 is 9.05 Å². The summed E-state index contributed by atoms with van der Waals surface area (Å²) in [6.07, 6.45) is 3.34. The molecule has 0 spiro atoms. The van der Waals surface area contributed by atoms with E-state index in [1.54, 1.807) is 0 Å². The van der Waals surface area contributed by atoms with E-state index in [-0.39, 0.29) is 0 Å². The molecule has 2 aromatic carbocycles. The summed E-state index contributed by atoms with van der Waals surface area (Å²) in [5.74, 6) is 2.02. The minimum atomic E-state index is 0.530. The second kappa shape index (κ2) is 9.03. The van der Waals surface area contributed by atoms with E-state index in [1.165, 1.54) is 11.1 Å². The lowest BCUT2D eigenvalue weighted by Gasteiger charge is -2.09. The molecule has 0 amide bonds. The molecule has 0 heterocycles. The molecule has 21 heavy (non-hydrogen) atoms. The Hall–Kier alpha value is -1.10. The summed E-state index contributed by atoms with van der Waals surface area (Å²) in [7, 11) is 1.06. The van der Waals surface area contributed by atoms with Gasteiger partial charge in [-0.1, -0.05) is 36.4 Å². The van der Waals surface area contributed by atoms with Crippen LogP contribution in [0, 0.1) is 13.8 Å². The fourth-order valence-electron chi connectivity index (χ4n) is 1.83. The van der Waals surface area contributed by atoms with Crippen LogP contribution in [0.3, 0.4) is 0 Å². The molecule has 2 nitrogen and oxygen atoms in total. The van der Waals surface area contributed by atoms with Crippen molar-refractivity contribution in [3.63, 3.8) is 0 Å². The van der Waals surface area contributed by atoms with E-state index in [4.69, 9.17) is 9.05 Å². The van der Waals surface area contributed by atoms with Gasteiger partial charge in [-0.15, -0.1) is 0 Å². The lowest BCUT2D eigenvalue weighted by Crippen LogP contribution is -1.89. The number of hydrogen-bond acceptors (Lipinski definition) is 2. The number of hydrogen-bond donors (Lipinski definition) is 0. The largest absolute Gasteiger partial charge is 0.477 e. The number of para-hydroxylation sites is 2. The highest BCUT2D eigenvalue weighted by Gasteiger charge is 1.99. The van der Waals surface area contributed by atoms with Gasteiger partial charge in [0.15, 0.2) is 0 Å². The predicted octanol–water partition coefficient (Wildman–Crippen LogP) is 5.34. The Bertz CT molecular complexity index is 508. The van der Waals surface area contributed by atoms with E-state index < -0.39 is 0 Å². The van der Waals surface area contributed by atoms with E-state index in [1.807, 2.05) is 36.4 Å². The van der Waals surface area contributed by atoms with Crippen LogP contribution >= 0.6 is 17.6 Å². The molecule has 112 valence electrons. The Morgan fingerprint density at radius 2 is 1.14 bits per heavy atom. The number of rotatable bonds is 8. The Kier molecular flexibility index (Phi) is 7.00. The molecule has 0 aromatic heterocycles. The Morgan fingerprint density at radius 1 is 0.714 bits per heavy atom. The number of benzene rings is 2. The Labute approximate surface area is 131 Å². The fraction of sp³-hybridized carbons (Fsp3) is 0.294. The average Bonchev–Trinajstić information content (AvgIpc) is 2.50. The topological polar surface area (TPSA) is 18.5 Å². The van der Waals surface area contributed by atoms with E-state index in [2.05, 4.69) is 26.0 Å². The van der Waals surface area contributed by atoms with Crippen LogP contribution in [0.4, 0.5) is 0 Å². The molecular formula is C17H22O2P2. The lowest BCUT2D eigenvalue weighted by atomic mass is 10.2. The van der Waals surface area contributed by atoms with Gasteiger partial charge >= 0.3 is 0 Å². The van der Waals surface area contributed by atoms with Crippen LogP contribution in [0.5, 0.6) is 11.5 Å².